The van der Waals surface area contributed by atoms with Gasteiger partial charge in [-0.3, -0.25) is 4.90 Å². The lowest BCUT2D eigenvalue weighted by molar-refractivity contribution is 0.0750. The van der Waals surface area contributed by atoms with E-state index in [1.54, 1.807) is 7.11 Å². The first-order valence-corrected chi connectivity index (χ1v) is 7.46. The van der Waals surface area contributed by atoms with Gasteiger partial charge in [0.2, 0.25) is 0 Å². The van der Waals surface area contributed by atoms with Crippen molar-refractivity contribution >= 4 is 0 Å². The second-order valence-corrected chi connectivity index (χ2v) is 5.68. The van der Waals surface area contributed by atoms with E-state index >= 15 is 0 Å². The fourth-order valence-corrected chi connectivity index (χ4v) is 3.77. The average Bonchev–Trinajstić information content (AvgIpc) is 3.03. The van der Waals surface area contributed by atoms with E-state index in [2.05, 4.69) is 34.5 Å². The molecular formula is C16H24N2O. The molecule has 19 heavy (non-hydrogen) atoms. The molecule has 3 rings (SSSR count). The highest BCUT2D eigenvalue weighted by atomic mass is 16.5. The summed E-state index contributed by atoms with van der Waals surface area (Å²) in [6.45, 7) is 4.68. The van der Waals surface area contributed by atoms with Gasteiger partial charge in [-0.25, -0.2) is 0 Å². The molecule has 0 spiro atoms. The van der Waals surface area contributed by atoms with Crippen LogP contribution < -0.4 is 10.1 Å². The van der Waals surface area contributed by atoms with E-state index in [1.165, 1.54) is 44.3 Å². The van der Waals surface area contributed by atoms with Gasteiger partial charge in [-0.05, 0) is 57.9 Å². The molecule has 1 N–H and O–H groups in total. The Kier molecular flexibility index (Phi) is 3.76. The maximum atomic E-state index is 5.64. The first-order valence-electron chi connectivity index (χ1n) is 7.46. The molecule has 2 fully saturated rings. The first-order chi connectivity index (χ1) is 9.37. The number of hydrogen-bond acceptors (Lipinski definition) is 3. The van der Waals surface area contributed by atoms with E-state index in [9.17, 15) is 0 Å². The lowest BCUT2D eigenvalue weighted by Crippen LogP contribution is -2.51. The molecule has 0 aromatic heterocycles. The van der Waals surface area contributed by atoms with Crippen LogP contribution >= 0.6 is 0 Å². The Morgan fingerprint density at radius 2 is 1.79 bits per heavy atom. The molecule has 1 aromatic rings. The van der Waals surface area contributed by atoms with Crippen LogP contribution in [-0.2, 0) is 5.54 Å². The van der Waals surface area contributed by atoms with Crippen LogP contribution in [0.15, 0.2) is 24.3 Å². The Labute approximate surface area is 115 Å². The Morgan fingerprint density at radius 3 is 2.47 bits per heavy atom. The van der Waals surface area contributed by atoms with Crippen LogP contribution in [-0.4, -0.2) is 38.2 Å². The quantitative estimate of drug-likeness (QED) is 0.903. The first kappa shape index (κ1) is 12.9. The number of nitrogens with one attached hydrogen (secondary N) is 1. The van der Waals surface area contributed by atoms with Crippen LogP contribution in [0.1, 0.15) is 31.2 Å². The summed E-state index contributed by atoms with van der Waals surface area (Å²) in [6, 6.07) is 8.59. The Bertz CT molecular complexity index is 421. The van der Waals surface area contributed by atoms with Gasteiger partial charge in [0, 0.05) is 5.56 Å². The van der Waals surface area contributed by atoms with Gasteiger partial charge in [-0.15, -0.1) is 0 Å². The molecule has 0 aliphatic carbocycles. The summed E-state index contributed by atoms with van der Waals surface area (Å²) in [5.41, 5.74) is 1.58. The lowest BCUT2D eigenvalue weighted by Gasteiger charge is -2.46. The summed E-state index contributed by atoms with van der Waals surface area (Å²) in [6.07, 6.45) is 5.05. The molecule has 0 saturated carbocycles. The summed E-state index contributed by atoms with van der Waals surface area (Å²) in [5.74, 6) is 1.05. The molecule has 1 aromatic carbocycles. The van der Waals surface area contributed by atoms with Crippen molar-refractivity contribution in [1.82, 2.24) is 10.2 Å². The predicted molar refractivity (Wildman–Crippen MR) is 77.6 cm³/mol. The summed E-state index contributed by atoms with van der Waals surface area (Å²) >= 11 is 0. The van der Waals surface area contributed by atoms with Gasteiger partial charge in [0.15, 0.2) is 0 Å². The van der Waals surface area contributed by atoms with E-state index < -0.39 is 0 Å². The topological polar surface area (TPSA) is 24.5 Å². The SMILES string of the molecule is COc1ccccc1C1(N2CCCC2)CCNCC1. The maximum absolute atomic E-state index is 5.64. The van der Waals surface area contributed by atoms with Gasteiger partial charge >= 0.3 is 0 Å². The van der Waals surface area contributed by atoms with Gasteiger partial charge in [0.1, 0.15) is 5.75 Å². The van der Waals surface area contributed by atoms with Crippen LogP contribution in [0.2, 0.25) is 0 Å². The van der Waals surface area contributed by atoms with Crippen LogP contribution in [0.5, 0.6) is 5.75 Å². The number of likely N-dealkylation sites (tertiary alicyclic amines) is 1. The largest absolute Gasteiger partial charge is 0.496 e. The predicted octanol–water partition coefficient (Wildman–Crippen LogP) is 2.37. The number of methoxy groups -OCH3 is 1. The normalized spacial score (nSPS) is 23.4. The zero-order valence-electron chi connectivity index (χ0n) is 11.8. The summed E-state index contributed by atoms with van der Waals surface area (Å²) < 4.78 is 5.64. The zero-order chi connectivity index (χ0) is 13.1. The van der Waals surface area contributed by atoms with Gasteiger partial charge in [0.05, 0.1) is 12.6 Å². The molecule has 0 unspecified atom stereocenters. The summed E-state index contributed by atoms with van der Waals surface area (Å²) in [4.78, 5) is 2.70. The Balaban J connectivity index is 2.02. The molecule has 104 valence electrons. The molecule has 0 radical (unpaired) electrons. The lowest BCUT2D eigenvalue weighted by atomic mass is 9.79. The van der Waals surface area contributed by atoms with Gasteiger partial charge < -0.3 is 10.1 Å². The number of benzene rings is 1. The van der Waals surface area contributed by atoms with Crippen molar-refractivity contribution in [2.75, 3.05) is 33.3 Å². The van der Waals surface area contributed by atoms with Crippen LogP contribution in [0.4, 0.5) is 0 Å². The van der Waals surface area contributed by atoms with Crippen LogP contribution in [0.3, 0.4) is 0 Å². The van der Waals surface area contributed by atoms with Crippen LogP contribution in [0, 0.1) is 0 Å². The third kappa shape index (κ3) is 2.26. The Morgan fingerprint density at radius 1 is 1.11 bits per heavy atom. The van der Waals surface area contributed by atoms with Gasteiger partial charge in [-0.2, -0.15) is 0 Å². The summed E-state index contributed by atoms with van der Waals surface area (Å²) in [5, 5.41) is 3.50. The minimum atomic E-state index is 0.189. The molecule has 0 amide bonds. The standard InChI is InChI=1S/C16H24N2O/c1-19-15-7-3-2-6-14(15)16(8-10-17-11-9-16)18-12-4-5-13-18/h2-3,6-7,17H,4-5,8-13H2,1H3. The van der Waals surface area contributed by atoms with Crippen LogP contribution in [0.25, 0.3) is 0 Å². The number of para-hydroxylation sites is 1. The number of piperidine rings is 1. The molecule has 0 bridgehead atoms. The third-order valence-corrected chi connectivity index (χ3v) is 4.75. The highest BCUT2D eigenvalue weighted by Gasteiger charge is 2.42. The van der Waals surface area contributed by atoms with E-state index in [1.807, 2.05) is 0 Å². The number of rotatable bonds is 3. The van der Waals surface area contributed by atoms with Gasteiger partial charge in [-0.1, -0.05) is 18.2 Å². The van der Waals surface area contributed by atoms with Crippen molar-refractivity contribution in [2.24, 2.45) is 0 Å². The van der Waals surface area contributed by atoms with Crippen molar-refractivity contribution in [3.8, 4) is 5.75 Å². The second kappa shape index (κ2) is 5.51. The maximum Gasteiger partial charge on any atom is 0.123 e. The summed E-state index contributed by atoms with van der Waals surface area (Å²) in [7, 11) is 1.79. The van der Waals surface area contributed by atoms with Crippen molar-refractivity contribution in [3.63, 3.8) is 0 Å². The Hall–Kier alpha value is -1.06. The monoisotopic (exact) mass is 260 g/mol. The molecule has 2 saturated heterocycles. The third-order valence-electron chi connectivity index (χ3n) is 4.75. The number of hydrogen-bond donors (Lipinski definition) is 1. The molecule has 2 aliphatic heterocycles. The molecule has 2 heterocycles. The highest BCUT2D eigenvalue weighted by molar-refractivity contribution is 5.40. The van der Waals surface area contributed by atoms with Gasteiger partial charge in [0.25, 0.3) is 0 Å². The molecular weight excluding hydrogens is 236 g/mol. The molecule has 2 aliphatic rings. The van der Waals surface area contributed by atoms with Crippen molar-refractivity contribution < 1.29 is 4.74 Å². The van der Waals surface area contributed by atoms with E-state index in [4.69, 9.17) is 4.74 Å². The van der Waals surface area contributed by atoms with Crippen molar-refractivity contribution in [1.29, 1.82) is 0 Å². The fourth-order valence-electron chi connectivity index (χ4n) is 3.77. The van der Waals surface area contributed by atoms with Crippen molar-refractivity contribution in [2.45, 2.75) is 31.2 Å². The number of nitrogens with zero attached hydrogens (tertiary/aromatic N) is 1. The van der Waals surface area contributed by atoms with E-state index in [-0.39, 0.29) is 5.54 Å². The molecule has 3 heteroatoms. The fraction of sp³-hybridized carbons (Fsp3) is 0.625. The van der Waals surface area contributed by atoms with Crippen molar-refractivity contribution in [3.05, 3.63) is 29.8 Å². The number of ether oxygens (including phenoxy) is 1. The highest BCUT2D eigenvalue weighted by Crippen LogP contribution is 2.43. The smallest absolute Gasteiger partial charge is 0.123 e. The molecule has 0 atom stereocenters. The average molecular weight is 260 g/mol. The molecule has 3 nitrogen and oxygen atoms in total. The minimum absolute atomic E-state index is 0.189. The second-order valence-electron chi connectivity index (χ2n) is 5.68. The van der Waals surface area contributed by atoms with E-state index in [0.29, 0.717) is 0 Å². The van der Waals surface area contributed by atoms with E-state index in [0.717, 1.165) is 18.8 Å². The zero-order valence-corrected chi connectivity index (χ0v) is 11.8. The minimum Gasteiger partial charge on any atom is -0.496 e.